The number of hydrogen-bond donors (Lipinski definition) is 2. The van der Waals surface area contributed by atoms with Crippen LogP contribution in [0.3, 0.4) is 0 Å². The molecule has 2 fully saturated rings. The quantitative estimate of drug-likeness (QED) is 0.679. The Balaban J connectivity index is 1.45. The Morgan fingerprint density at radius 1 is 1.24 bits per heavy atom. The molecule has 29 heavy (non-hydrogen) atoms. The molecule has 1 atom stereocenters. The number of benzene rings is 1. The van der Waals surface area contributed by atoms with Gasteiger partial charge in [-0.3, -0.25) is 4.79 Å². The smallest absolute Gasteiger partial charge is 0.222 e. The second kappa shape index (κ2) is 9.28. The Kier molecular flexibility index (Phi) is 6.53. The van der Waals surface area contributed by atoms with Crippen LogP contribution in [0.5, 0.6) is 0 Å². The van der Waals surface area contributed by atoms with E-state index in [0.29, 0.717) is 24.5 Å². The van der Waals surface area contributed by atoms with Crippen LogP contribution in [-0.2, 0) is 11.3 Å². The van der Waals surface area contributed by atoms with Crippen molar-refractivity contribution in [1.29, 1.82) is 0 Å². The van der Waals surface area contributed by atoms with Gasteiger partial charge in [-0.25, -0.2) is 4.98 Å². The van der Waals surface area contributed by atoms with E-state index in [1.54, 1.807) is 0 Å². The highest BCUT2D eigenvalue weighted by atomic mass is 35.5. The second-order valence-corrected chi connectivity index (χ2v) is 8.50. The Labute approximate surface area is 176 Å². The van der Waals surface area contributed by atoms with Crippen molar-refractivity contribution in [2.75, 3.05) is 37.6 Å². The molecule has 7 heteroatoms. The van der Waals surface area contributed by atoms with E-state index in [-0.39, 0.29) is 12.0 Å². The van der Waals surface area contributed by atoms with E-state index >= 15 is 0 Å². The summed E-state index contributed by atoms with van der Waals surface area (Å²) < 4.78 is 0. The number of pyridine rings is 1. The van der Waals surface area contributed by atoms with Crippen molar-refractivity contribution in [2.45, 2.75) is 44.8 Å². The highest BCUT2D eigenvalue weighted by Gasteiger charge is 2.22. The van der Waals surface area contributed by atoms with Crippen LogP contribution in [0.25, 0.3) is 10.9 Å². The zero-order chi connectivity index (χ0) is 20.2. The van der Waals surface area contributed by atoms with Crippen molar-refractivity contribution in [3.05, 3.63) is 34.9 Å². The first-order chi connectivity index (χ1) is 14.1. The molecule has 1 aromatic heterocycles. The van der Waals surface area contributed by atoms with Crippen LogP contribution >= 0.6 is 11.6 Å². The van der Waals surface area contributed by atoms with Crippen LogP contribution in [-0.4, -0.2) is 59.7 Å². The van der Waals surface area contributed by atoms with Crippen LogP contribution in [0.2, 0.25) is 5.02 Å². The summed E-state index contributed by atoms with van der Waals surface area (Å²) in [5, 5.41) is 15.4. The summed E-state index contributed by atoms with van der Waals surface area (Å²) in [7, 11) is 0. The van der Waals surface area contributed by atoms with E-state index in [4.69, 9.17) is 16.6 Å². The number of aliphatic hydroxyl groups excluding tert-OH is 1. The molecular formula is C22H29ClN4O2. The summed E-state index contributed by atoms with van der Waals surface area (Å²) in [4.78, 5) is 20.8. The van der Waals surface area contributed by atoms with E-state index in [0.717, 1.165) is 74.1 Å². The molecular weight excluding hydrogens is 388 g/mol. The number of nitrogens with one attached hydrogen (secondary N) is 1. The predicted molar refractivity (Wildman–Crippen MR) is 116 cm³/mol. The SMILES string of the molecule is O=C1CCCN1CCCNCc1cc2ccc(Cl)cc2nc1N1CCCC(O)C1. The van der Waals surface area contributed by atoms with Crippen molar-refractivity contribution in [3.8, 4) is 0 Å². The van der Waals surface area contributed by atoms with E-state index in [1.807, 2.05) is 23.1 Å². The molecule has 0 bridgehead atoms. The lowest BCUT2D eigenvalue weighted by Gasteiger charge is -2.32. The maximum Gasteiger partial charge on any atom is 0.222 e. The molecule has 3 heterocycles. The summed E-state index contributed by atoms with van der Waals surface area (Å²) in [5.41, 5.74) is 2.01. The van der Waals surface area contributed by atoms with E-state index in [2.05, 4.69) is 16.3 Å². The Morgan fingerprint density at radius 3 is 2.93 bits per heavy atom. The zero-order valence-corrected chi connectivity index (χ0v) is 17.5. The first-order valence-corrected chi connectivity index (χ1v) is 11.0. The van der Waals surface area contributed by atoms with Gasteiger partial charge >= 0.3 is 0 Å². The van der Waals surface area contributed by atoms with E-state index in [1.165, 1.54) is 0 Å². The van der Waals surface area contributed by atoms with Gasteiger partial charge in [0, 0.05) is 55.1 Å². The summed E-state index contributed by atoms with van der Waals surface area (Å²) in [5.74, 6) is 1.22. The van der Waals surface area contributed by atoms with Gasteiger partial charge in [-0.05, 0) is 50.4 Å². The van der Waals surface area contributed by atoms with Gasteiger partial charge in [-0.2, -0.15) is 0 Å². The molecule has 4 rings (SSSR count). The number of aliphatic hydroxyl groups is 1. The average Bonchev–Trinajstić information content (AvgIpc) is 3.12. The standard InChI is InChI=1S/C22H29ClN4O2/c23-18-7-6-16-12-17(14-24-8-3-11-26-9-2-5-21(26)29)22(25-20(16)13-18)27-10-1-4-19(28)15-27/h6-7,12-13,19,24,28H,1-5,8-11,14-15H2. The molecule has 0 radical (unpaired) electrons. The molecule has 0 saturated carbocycles. The minimum atomic E-state index is -0.306. The molecule has 2 aromatic rings. The Morgan fingerprint density at radius 2 is 2.14 bits per heavy atom. The van der Waals surface area contributed by atoms with E-state index in [9.17, 15) is 9.90 Å². The number of likely N-dealkylation sites (tertiary alicyclic amines) is 1. The summed E-state index contributed by atoms with van der Waals surface area (Å²) in [6, 6.07) is 7.96. The number of carbonyl (C=O) groups excluding carboxylic acids is 1. The number of piperidine rings is 1. The van der Waals surface area contributed by atoms with Gasteiger partial charge in [0.05, 0.1) is 11.6 Å². The summed E-state index contributed by atoms with van der Waals surface area (Å²) in [6.45, 7) is 4.80. The monoisotopic (exact) mass is 416 g/mol. The number of β-amino-alcohol motifs (C(OH)–C–C–N with tert-alkyl or cyclic N) is 1. The molecule has 156 valence electrons. The topological polar surface area (TPSA) is 68.7 Å². The van der Waals surface area contributed by atoms with Gasteiger partial charge in [0.15, 0.2) is 0 Å². The molecule has 2 aliphatic rings. The van der Waals surface area contributed by atoms with Crippen molar-refractivity contribution in [1.82, 2.24) is 15.2 Å². The fourth-order valence-corrected chi connectivity index (χ4v) is 4.45. The van der Waals surface area contributed by atoms with E-state index < -0.39 is 0 Å². The molecule has 1 amide bonds. The van der Waals surface area contributed by atoms with Crippen LogP contribution < -0.4 is 10.2 Å². The number of hydrogen-bond acceptors (Lipinski definition) is 5. The molecule has 2 N–H and O–H groups in total. The lowest BCUT2D eigenvalue weighted by molar-refractivity contribution is -0.127. The first kappa shape index (κ1) is 20.4. The molecule has 1 unspecified atom stereocenters. The number of halogens is 1. The van der Waals surface area contributed by atoms with Crippen molar-refractivity contribution >= 4 is 34.2 Å². The number of nitrogens with zero attached hydrogens (tertiary/aromatic N) is 3. The molecule has 0 spiro atoms. The molecule has 2 saturated heterocycles. The van der Waals surface area contributed by atoms with Gasteiger partial charge in [0.1, 0.15) is 5.82 Å². The Bertz CT molecular complexity index is 875. The number of rotatable bonds is 7. The normalized spacial score (nSPS) is 20.1. The number of anilines is 1. The average molecular weight is 417 g/mol. The summed E-state index contributed by atoms with van der Waals surface area (Å²) in [6.07, 6.45) is 4.14. The van der Waals surface area contributed by atoms with Gasteiger partial charge in [-0.1, -0.05) is 17.7 Å². The third kappa shape index (κ3) is 5.00. The van der Waals surface area contributed by atoms with Gasteiger partial charge in [0.25, 0.3) is 0 Å². The van der Waals surface area contributed by atoms with Crippen LogP contribution in [0, 0.1) is 0 Å². The van der Waals surface area contributed by atoms with Crippen molar-refractivity contribution in [3.63, 3.8) is 0 Å². The van der Waals surface area contributed by atoms with Crippen molar-refractivity contribution < 1.29 is 9.90 Å². The highest BCUT2D eigenvalue weighted by molar-refractivity contribution is 6.31. The molecule has 2 aliphatic heterocycles. The molecule has 1 aromatic carbocycles. The maximum absolute atomic E-state index is 11.7. The Hall–Kier alpha value is -1.89. The third-order valence-corrected chi connectivity index (χ3v) is 6.04. The number of carbonyl (C=O) groups is 1. The lowest BCUT2D eigenvalue weighted by atomic mass is 10.1. The molecule has 6 nitrogen and oxygen atoms in total. The number of aromatic nitrogens is 1. The highest BCUT2D eigenvalue weighted by Crippen LogP contribution is 2.28. The van der Waals surface area contributed by atoms with Crippen LogP contribution in [0.1, 0.15) is 37.7 Å². The van der Waals surface area contributed by atoms with Gasteiger partial charge in [-0.15, -0.1) is 0 Å². The fraction of sp³-hybridized carbons (Fsp3) is 0.545. The van der Waals surface area contributed by atoms with Gasteiger partial charge in [0.2, 0.25) is 5.91 Å². The number of fused-ring (bicyclic) bond motifs is 1. The minimum Gasteiger partial charge on any atom is -0.391 e. The van der Waals surface area contributed by atoms with Crippen LogP contribution in [0.15, 0.2) is 24.3 Å². The third-order valence-electron chi connectivity index (χ3n) is 5.80. The van der Waals surface area contributed by atoms with Gasteiger partial charge < -0.3 is 20.2 Å². The minimum absolute atomic E-state index is 0.285. The second-order valence-electron chi connectivity index (χ2n) is 8.06. The largest absolute Gasteiger partial charge is 0.391 e. The predicted octanol–water partition coefficient (Wildman–Crippen LogP) is 2.95. The fourth-order valence-electron chi connectivity index (χ4n) is 4.28. The summed E-state index contributed by atoms with van der Waals surface area (Å²) >= 11 is 6.17. The lowest BCUT2D eigenvalue weighted by Crippen LogP contribution is -2.39. The maximum atomic E-state index is 11.7. The number of amides is 1. The molecule has 0 aliphatic carbocycles. The zero-order valence-electron chi connectivity index (χ0n) is 16.7. The first-order valence-electron chi connectivity index (χ1n) is 10.6. The van der Waals surface area contributed by atoms with Crippen molar-refractivity contribution in [2.24, 2.45) is 0 Å². The van der Waals surface area contributed by atoms with Crippen LogP contribution in [0.4, 0.5) is 5.82 Å².